The van der Waals surface area contributed by atoms with Crippen molar-refractivity contribution >= 4 is 0 Å². The SMILES string of the molecule is CC(C)c1cccc(C(C)C)c1-[n+]1cc(-c2c[n+](-c3c(C(C)C)cccc3C(C)C)nn2C)n(C)n1. The molecule has 0 aliphatic carbocycles. The zero-order valence-electron chi connectivity index (χ0n) is 23.6. The molecule has 0 amide bonds. The molecule has 4 aromatic rings. The number of aromatic nitrogens is 6. The van der Waals surface area contributed by atoms with Crippen molar-refractivity contribution in [2.45, 2.75) is 79.1 Å². The molecular weight excluding hydrogens is 444 g/mol. The smallest absolute Gasteiger partial charge is 0.128 e. The lowest BCUT2D eigenvalue weighted by Gasteiger charge is -2.15. The summed E-state index contributed by atoms with van der Waals surface area (Å²) >= 11 is 0. The third kappa shape index (κ3) is 4.61. The molecule has 6 nitrogen and oxygen atoms in total. The van der Waals surface area contributed by atoms with Gasteiger partial charge < -0.3 is 0 Å². The minimum atomic E-state index is 0.400. The van der Waals surface area contributed by atoms with Gasteiger partial charge in [0.25, 0.3) is 0 Å². The standard InChI is InChI=1S/C30H42N6/c1-19(2)23-13-11-14-24(20(3)4)29(23)35-17-27(33(9)31-35)28-18-36(32-34(28)10)30-25(21(5)6)15-12-16-26(30)22(7)8/h11-22H,1-10H3/q+2. The first-order valence-corrected chi connectivity index (χ1v) is 13.2. The average Bonchev–Trinajstić information content (AvgIpc) is 3.39. The van der Waals surface area contributed by atoms with Crippen LogP contribution in [0.4, 0.5) is 0 Å². The van der Waals surface area contributed by atoms with Gasteiger partial charge in [0.15, 0.2) is 23.8 Å². The van der Waals surface area contributed by atoms with Crippen molar-refractivity contribution in [1.82, 2.24) is 19.8 Å². The van der Waals surface area contributed by atoms with Gasteiger partial charge in [-0.15, -0.1) is 18.7 Å². The van der Waals surface area contributed by atoms with E-state index in [2.05, 4.69) is 114 Å². The van der Waals surface area contributed by atoms with Gasteiger partial charge >= 0.3 is 0 Å². The molecule has 0 atom stereocenters. The summed E-state index contributed by atoms with van der Waals surface area (Å²) in [5.41, 5.74) is 9.65. The molecule has 0 saturated carbocycles. The van der Waals surface area contributed by atoms with Crippen LogP contribution >= 0.6 is 0 Å². The first kappa shape index (κ1) is 25.8. The summed E-state index contributed by atoms with van der Waals surface area (Å²) in [5.74, 6) is 1.60. The Balaban J connectivity index is 1.89. The monoisotopic (exact) mass is 486 g/mol. The van der Waals surface area contributed by atoms with Gasteiger partial charge in [0.1, 0.15) is 14.1 Å². The molecule has 0 aliphatic heterocycles. The molecule has 2 heterocycles. The first-order valence-electron chi connectivity index (χ1n) is 13.2. The summed E-state index contributed by atoms with van der Waals surface area (Å²) < 4.78 is 8.03. The summed E-state index contributed by atoms with van der Waals surface area (Å²) in [4.78, 5) is 0. The van der Waals surface area contributed by atoms with Crippen molar-refractivity contribution < 1.29 is 9.36 Å². The van der Waals surface area contributed by atoms with Crippen LogP contribution in [0.25, 0.3) is 22.8 Å². The second-order valence-electron chi connectivity index (χ2n) is 11.1. The predicted molar refractivity (Wildman–Crippen MR) is 145 cm³/mol. The summed E-state index contributed by atoms with van der Waals surface area (Å²) in [6.07, 6.45) is 4.29. The minimum absolute atomic E-state index is 0.400. The largest absolute Gasteiger partial charge is 0.243 e. The molecule has 36 heavy (non-hydrogen) atoms. The van der Waals surface area contributed by atoms with Gasteiger partial charge in [-0.2, -0.15) is 0 Å². The third-order valence-corrected chi connectivity index (χ3v) is 7.05. The molecule has 0 spiro atoms. The van der Waals surface area contributed by atoms with E-state index < -0.39 is 0 Å². The predicted octanol–water partition coefficient (Wildman–Crippen LogP) is 5.87. The summed E-state index contributed by atoms with van der Waals surface area (Å²) in [5, 5.41) is 9.88. The van der Waals surface area contributed by atoms with Crippen LogP contribution in [0, 0.1) is 0 Å². The van der Waals surface area contributed by atoms with Crippen molar-refractivity contribution in [3.63, 3.8) is 0 Å². The van der Waals surface area contributed by atoms with Crippen LogP contribution < -0.4 is 9.36 Å². The van der Waals surface area contributed by atoms with E-state index in [1.807, 2.05) is 23.5 Å². The zero-order chi connectivity index (χ0) is 26.3. The molecule has 0 bridgehead atoms. The van der Waals surface area contributed by atoms with Crippen LogP contribution in [-0.4, -0.2) is 19.8 Å². The van der Waals surface area contributed by atoms with Crippen LogP contribution in [0.3, 0.4) is 0 Å². The highest BCUT2D eigenvalue weighted by Gasteiger charge is 2.30. The van der Waals surface area contributed by atoms with Crippen LogP contribution in [-0.2, 0) is 14.1 Å². The average molecular weight is 487 g/mol. The van der Waals surface area contributed by atoms with E-state index in [0.717, 1.165) is 11.4 Å². The number of benzene rings is 2. The molecule has 2 aromatic heterocycles. The summed E-state index contributed by atoms with van der Waals surface area (Å²) in [6, 6.07) is 13.2. The van der Waals surface area contributed by atoms with Crippen molar-refractivity contribution in [3.8, 4) is 22.8 Å². The van der Waals surface area contributed by atoms with E-state index in [1.54, 1.807) is 0 Å². The Morgan fingerprint density at radius 2 is 0.806 bits per heavy atom. The molecule has 0 aliphatic rings. The van der Waals surface area contributed by atoms with Crippen molar-refractivity contribution in [2.75, 3.05) is 0 Å². The zero-order valence-corrected chi connectivity index (χ0v) is 23.6. The summed E-state index contributed by atoms with van der Waals surface area (Å²) in [6.45, 7) is 18.0. The van der Waals surface area contributed by atoms with Crippen LogP contribution in [0.2, 0.25) is 0 Å². The van der Waals surface area contributed by atoms with Gasteiger partial charge in [0.05, 0.1) is 10.4 Å². The van der Waals surface area contributed by atoms with Crippen LogP contribution in [0.15, 0.2) is 48.8 Å². The second-order valence-corrected chi connectivity index (χ2v) is 11.1. The van der Waals surface area contributed by atoms with E-state index in [9.17, 15) is 0 Å². The van der Waals surface area contributed by atoms with Crippen molar-refractivity contribution in [2.24, 2.45) is 14.1 Å². The molecule has 0 N–H and O–H groups in total. The Morgan fingerprint density at radius 3 is 1.06 bits per heavy atom. The Bertz CT molecular complexity index is 1210. The van der Waals surface area contributed by atoms with Gasteiger partial charge in [0, 0.05) is 22.3 Å². The fourth-order valence-electron chi connectivity index (χ4n) is 5.07. The molecule has 0 unspecified atom stereocenters. The first-order chi connectivity index (χ1) is 17.0. The van der Waals surface area contributed by atoms with Crippen LogP contribution in [0.5, 0.6) is 0 Å². The number of hydrogen-bond acceptors (Lipinski definition) is 2. The highest BCUT2D eigenvalue weighted by atomic mass is 15.5. The molecular formula is C30H42N6+2. The van der Waals surface area contributed by atoms with Gasteiger partial charge in [-0.3, -0.25) is 0 Å². The van der Waals surface area contributed by atoms with E-state index in [4.69, 9.17) is 10.4 Å². The molecule has 2 aromatic carbocycles. The van der Waals surface area contributed by atoms with E-state index in [1.165, 1.54) is 33.6 Å². The molecule has 6 heteroatoms. The van der Waals surface area contributed by atoms with Crippen molar-refractivity contribution in [3.05, 3.63) is 71.0 Å². The van der Waals surface area contributed by atoms with E-state index >= 15 is 0 Å². The molecule has 0 saturated heterocycles. The lowest BCUT2D eigenvalue weighted by molar-refractivity contribution is -0.662. The Morgan fingerprint density at radius 1 is 0.528 bits per heavy atom. The Labute approximate surface area is 216 Å². The fourth-order valence-corrected chi connectivity index (χ4v) is 5.07. The molecule has 0 fully saturated rings. The maximum atomic E-state index is 4.94. The summed E-state index contributed by atoms with van der Waals surface area (Å²) in [7, 11) is 4.02. The minimum Gasteiger partial charge on any atom is -0.128 e. The van der Waals surface area contributed by atoms with Crippen molar-refractivity contribution in [1.29, 1.82) is 0 Å². The van der Waals surface area contributed by atoms with E-state index in [-0.39, 0.29) is 0 Å². The molecule has 0 radical (unpaired) electrons. The highest BCUT2D eigenvalue weighted by molar-refractivity contribution is 5.52. The lowest BCUT2D eigenvalue weighted by atomic mass is 9.92. The maximum absolute atomic E-state index is 4.94. The fraction of sp³-hybridized carbons (Fsp3) is 0.467. The van der Waals surface area contributed by atoms with Gasteiger partial charge in [-0.25, -0.2) is 0 Å². The van der Waals surface area contributed by atoms with Gasteiger partial charge in [0.2, 0.25) is 11.4 Å². The van der Waals surface area contributed by atoms with Gasteiger partial charge in [-0.1, -0.05) is 91.8 Å². The highest BCUT2D eigenvalue weighted by Crippen LogP contribution is 2.30. The maximum Gasteiger partial charge on any atom is 0.243 e. The topological polar surface area (TPSA) is 43.4 Å². The number of aryl methyl sites for hydroxylation is 2. The third-order valence-electron chi connectivity index (χ3n) is 7.05. The lowest BCUT2D eigenvalue weighted by Crippen LogP contribution is -2.36. The van der Waals surface area contributed by atoms with E-state index in [0.29, 0.717) is 23.7 Å². The normalized spacial score (nSPS) is 12.1. The van der Waals surface area contributed by atoms with Gasteiger partial charge in [-0.05, 0) is 23.7 Å². The number of rotatable bonds is 7. The number of nitrogens with zero attached hydrogens (tertiary/aromatic N) is 6. The molecule has 190 valence electrons. The number of hydrogen-bond donors (Lipinski definition) is 0. The Hall–Kier alpha value is -3.28. The molecule has 4 rings (SSSR count). The Kier molecular flexibility index (Phi) is 7.17. The second kappa shape index (κ2) is 10.00. The van der Waals surface area contributed by atoms with Crippen LogP contribution in [0.1, 0.15) is 101 Å². The quantitative estimate of drug-likeness (QED) is 0.307. The number of para-hydroxylation sites is 2.